The molecule has 8 nitrogen and oxygen atoms in total. The number of nitrogens with one attached hydrogen (secondary N) is 1. The number of ether oxygens (including phenoxy) is 2. The number of thioether (sulfide) groups is 1. The van der Waals surface area contributed by atoms with E-state index in [2.05, 4.69) is 15.3 Å². The summed E-state index contributed by atoms with van der Waals surface area (Å²) in [4.78, 5) is 34.0. The normalized spacial score (nSPS) is 14.1. The van der Waals surface area contributed by atoms with Crippen LogP contribution in [-0.4, -0.2) is 33.0 Å². The van der Waals surface area contributed by atoms with E-state index in [9.17, 15) is 9.59 Å². The molecule has 3 aromatic rings. The van der Waals surface area contributed by atoms with Crippen LogP contribution < -0.4 is 20.5 Å². The maximum Gasteiger partial charge on any atom is 0.349 e. The Hall–Kier alpha value is -3.33. The molecule has 1 amide bonds. The van der Waals surface area contributed by atoms with Gasteiger partial charge in [-0.25, -0.2) is 4.79 Å². The van der Waals surface area contributed by atoms with Gasteiger partial charge in [0.2, 0.25) is 12.7 Å². The first-order valence-electron chi connectivity index (χ1n) is 11.0. The van der Waals surface area contributed by atoms with Crippen molar-refractivity contribution in [2.45, 2.75) is 43.8 Å². The van der Waals surface area contributed by atoms with Crippen LogP contribution in [0, 0.1) is 0 Å². The van der Waals surface area contributed by atoms with Gasteiger partial charge in [0.15, 0.2) is 11.5 Å². The van der Waals surface area contributed by atoms with E-state index in [0.29, 0.717) is 29.6 Å². The van der Waals surface area contributed by atoms with Gasteiger partial charge in [-0.2, -0.15) is 4.98 Å². The highest BCUT2D eigenvalue weighted by Gasteiger charge is 2.21. The van der Waals surface area contributed by atoms with E-state index in [1.807, 2.05) is 36.4 Å². The van der Waals surface area contributed by atoms with Crippen LogP contribution >= 0.6 is 11.8 Å². The zero-order valence-electron chi connectivity index (χ0n) is 18.1. The third kappa shape index (κ3) is 4.88. The number of benzene rings is 1. The summed E-state index contributed by atoms with van der Waals surface area (Å²) in [7, 11) is 0. The third-order valence-corrected chi connectivity index (χ3v) is 6.78. The number of amides is 1. The van der Waals surface area contributed by atoms with Crippen molar-refractivity contribution >= 4 is 17.7 Å². The van der Waals surface area contributed by atoms with Gasteiger partial charge in [-0.05, 0) is 55.5 Å². The van der Waals surface area contributed by atoms with Crippen LogP contribution in [0.5, 0.6) is 11.5 Å². The van der Waals surface area contributed by atoms with Gasteiger partial charge in [-0.3, -0.25) is 14.3 Å². The molecule has 0 atom stereocenters. The van der Waals surface area contributed by atoms with E-state index < -0.39 is 0 Å². The molecule has 1 aliphatic heterocycles. The summed E-state index contributed by atoms with van der Waals surface area (Å²) in [5.74, 6) is 1.50. The monoisotopic (exact) mass is 464 g/mol. The highest BCUT2D eigenvalue weighted by atomic mass is 32.2. The zero-order chi connectivity index (χ0) is 22.6. The van der Waals surface area contributed by atoms with Gasteiger partial charge in [-0.15, -0.1) is 0 Å². The summed E-state index contributed by atoms with van der Waals surface area (Å²) in [6.07, 6.45) is 5.53. The molecule has 0 saturated carbocycles. The van der Waals surface area contributed by atoms with Crippen molar-refractivity contribution in [3.8, 4) is 11.5 Å². The molecule has 0 spiro atoms. The average Bonchev–Trinajstić information content (AvgIpc) is 3.32. The largest absolute Gasteiger partial charge is 0.454 e. The van der Waals surface area contributed by atoms with Crippen molar-refractivity contribution in [3.63, 3.8) is 0 Å². The predicted octanol–water partition coefficient (Wildman–Crippen LogP) is 2.70. The van der Waals surface area contributed by atoms with Gasteiger partial charge < -0.3 is 14.8 Å². The smallest absolute Gasteiger partial charge is 0.349 e. The molecule has 1 aliphatic carbocycles. The Morgan fingerprint density at radius 2 is 2.00 bits per heavy atom. The minimum Gasteiger partial charge on any atom is -0.454 e. The molecule has 0 radical (unpaired) electrons. The van der Waals surface area contributed by atoms with Crippen LogP contribution in [0.25, 0.3) is 0 Å². The number of aromatic nitrogens is 3. The van der Waals surface area contributed by atoms with Crippen LogP contribution in [0.2, 0.25) is 0 Å². The molecule has 0 unspecified atom stereocenters. The molecule has 3 heterocycles. The lowest BCUT2D eigenvalue weighted by atomic mass is 9.97. The van der Waals surface area contributed by atoms with Gasteiger partial charge in [0.05, 0.1) is 18.0 Å². The van der Waals surface area contributed by atoms with Gasteiger partial charge >= 0.3 is 5.69 Å². The fourth-order valence-electron chi connectivity index (χ4n) is 4.12. The van der Waals surface area contributed by atoms with Crippen molar-refractivity contribution in [1.29, 1.82) is 0 Å². The first-order valence-corrected chi connectivity index (χ1v) is 12.0. The Labute approximate surface area is 195 Å². The molecular weight excluding hydrogens is 440 g/mol. The standard InChI is InChI=1S/C24H24N4O4S/c29-22(26-12-16-8-9-20-21(11-16)32-15-31-20)14-33-23-18-6-1-2-7-19(18)28(24(30)27-23)13-17-5-3-4-10-25-17/h3-5,8-11H,1-2,6-7,12-15H2,(H,26,29). The molecule has 0 bridgehead atoms. The second-order valence-electron chi connectivity index (χ2n) is 7.99. The summed E-state index contributed by atoms with van der Waals surface area (Å²) in [6.45, 7) is 1.03. The van der Waals surface area contributed by atoms with Gasteiger partial charge in [-0.1, -0.05) is 23.9 Å². The number of hydrogen-bond acceptors (Lipinski definition) is 7. The molecule has 2 aromatic heterocycles. The zero-order valence-corrected chi connectivity index (χ0v) is 18.9. The van der Waals surface area contributed by atoms with E-state index in [-0.39, 0.29) is 24.1 Å². The van der Waals surface area contributed by atoms with Crippen molar-refractivity contribution in [2.24, 2.45) is 0 Å². The Balaban J connectivity index is 1.26. The first-order chi connectivity index (χ1) is 16.2. The Morgan fingerprint density at radius 1 is 1.12 bits per heavy atom. The van der Waals surface area contributed by atoms with Crippen LogP contribution in [0.4, 0.5) is 0 Å². The predicted molar refractivity (Wildman–Crippen MR) is 124 cm³/mol. The Bertz CT molecular complexity index is 1230. The highest BCUT2D eigenvalue weighted by Crippen LogP contribution is 2.32. The van der Waals surface area contributed by atoms with Crippen molar-refractivity contribution in [1.82, 2.24) is 19.9 Å². The molecule has 1 aromatic carbocycles. The number of fused-ring (bicyclic) bond motifs is 2. The number of hydrogen-bond donors (Lipinski definition) is 1. The van der Waals surface area contributed by atoms with E-state index >= 15 is 0 Å². The second kappa shape index (κ2) is 9.66. The lowest BCUT2D eigenvalue weighted by molar-refractivity contribution is -0.118. The molecular formula is C24H24N4O4S. The summed E-state index contributed by atoms with van der Waals surface area (Å²) >= 11 is 1.33. The maximum absolute atomic E-state index is 12.9. The molecule has 5 rings (SSSR count). The number of nitrogens with zero attached hydrogens (tertiary/aromatic N) is 3. The van der Waals surface area contributed by atoms with Crippen molar-refractivity contribution in [2.75, 3.05) is 12.5 Å². The van der Waals surface area contributed by atoms with Crippen LogP contribution in [-0.2, 0) is 30.7 Å². The van der Waals surface area contributed by atoms with Crippen molar-refractivity contribution < 1.29 is 14.3 Å². The molecule has 9 heteroatoms. The second-order valence-corrected chi connectivity index (χ2v) is 8.96. The molecule has 0 saturated heterocycles. The Kier molecular flexibility index (Phi) is 6.30. The maximum atomic E-state index is 12.9. The third-order valence-electron chi connectivity index (χ3n) is 5.76. The lowest BCUT2D eigenvalue weighted by Crippen LogP contribution is -2.31. The van der Waals surface area contributed by atoms with E-state index in [1.54, 1.807) is 10.8 Å². The van der Waals surface area contributed by atoms with Gasteiger partial charge in [0, 0.05) is 24.0 Å². The average molecular weight is 465 g/mol. The number of carbonyl (C=O) groups excluding carboxylic acids is 1. The lowest BCUT2D eigenvalue weighted by Gasteiger charge is -2.22. The van der Waals surface area contributed by atoms with E-state index in [0.717, 1.165) is 48.2 Å². The van der Waals surface area contributed by atoms with Crippen LogP contribution in [0.15, 0.2) is 52.4 Å². The molecule has 170 valence electrons. The number of pyridine rings is 1. The summed E-state index contributed by atoms with van der Waals surface area (Å²) in [5, 5.41) is 3.60. The first kappa shape index (κ1) is 21.5. The summed E-state index contributed by atoms with van der Waals surface area (Å²) in [6, 6.07) is 11.3. The quantitative estimate of drug-likeness (QED) is 0.424. The number of rotatable bonds is 7. The molecule has 33 heavy (non-hydrogen) atoms. The topological polar surface area (TPSA) is 95.3 Å². The minimum absolute atomic E-state index is 0.110. The van der Waals surface area contributed by atoms with Crippen LogP contribution in [0.1, 0.15) is 35.4 Å². The van der Waals surface area contributed by atoms with E-state index in [4.69, 9.17) is 9.47 Å². The van der Waals surface area contributed by atoms with E-state index in [1.165, 1.54) is 11.8 Å². The fraction of sp³-hybridized carbons (Fsp3) is 0.333. The molecule has 0 fully saturated rings. The highest BCUT2D eigenvalue weighted by molar-refractivity contribution is 7.99. The fourth-order valence-corrected chi connectivity index (χ4v) is 5.03. The molecule has 1 N–H and O–H groups in total. The van der Waals surface area contributed by atoms with Crippen LogP contribution in [0.3, 0.4) is 0 Å². The SMILES string of the molecule is O=C(CSc1nc(=O)n(Cc2ccccn2)c2c1CCCC2)NCc1ccc2c(c1)OCO2. The van der Waals surface area contributed by atoms with Gasteiger partial charge in [0.1, 0.15) is 5.03 Å². The minimum atomic E-state index is -0.287. The summed E-state index contributed by atoms with van der Waals surface area (Å²) in [5.41, 5.74) is 3.59. The van der Waals surface area contributed by atoms with Crippen molar-refractivity contribution in [3.05, 3.63) is 75.6 Å². The number of carbonyl (C=O) groups is 1. The molecule has 2 aliphatic rings. The Morgan fingerprint density at radius 3 is 2.88 bits per heavy atom. The summed E-state index contributed by atoms with van der Waals surface area (Å²) < 4.78 is 12.4. The van der Waals surface area contributed by atoms with Gasteiger partial charge in [0.25, 0.3) is 0 Å².